The lowest BCUT2D eigenvalue weighted by Gasteiger charge is -2.06. The number of rotatable bonds is 3. The quantitative estimate of drug-likeness (QED) is 0.736. The highest BCUT2D eigenvalue weighted by Gasteiger charge is 2.09. The van der Waals surface area contributed by atoms with Crippen LogP contribution in [0.25, 0.3) is 17.2 Å². The fourth-order valence-corrected chi connectivity index (χ4v) is 2.44. The van der Waals surface area contributed by atoms with E-state index in [1.165, 1.54) is 4.57 Å². The first kappa shape index (κ1) is 16.1. The lowest BCUT2D eigenvalue weighted by Crippen LogP contribution is -2.12. The van der Waals surface area contributed by atoms with Gasteiger partial charge in [-0.3, -0.25) is 9.36 Å². The molecule has 0 fully saturated rings. The molecule has 0 bridgehead atoms. The van der Waals surface area contributed by atoms with Crippen molar-refractivity contribution in [1.29, 1.82) is 0 Å². The van der Waals surface area contributed by atoms with Crippen LogP contribution in [0.4, 0.5) is 5.69 Å². The molecule has 0 saturated heterocycles. The third-order valence-corrected chi connectivity index (χ3v) is 3.91. The SMILES string of the molecule is C/C(=C\c1ccc(Cl)cc1)C(=O)Nc1ccc2c(c1)oc(=O)n2C. The van der Waals surface area contributed by atoms with Crippen LogP contribution in [-0.2, 0) is 11.8 Å². The number of amides is 1. The molecule has 0 saturated carbocycles. The molecule has 2 aromatic carbocycles. The fraction of sp³-hybridized carbons (Fsp3) is 0.111. The lowest BCUT2D eigenvalue weighted by molar-refractivity contribution is -0.112. The van der Waals surface area contributed by atoms with E-state index in [9.17, 15) is 9.59 Å². The van der Waals surface area contributed by atoms with Crippen molar-refractivity contribution in [3.63, 3.8) is 0 Å². The van der Waals surface area contributed by atoms with Gasteiger partial charge in [-0.25, -0.2) is 4.79 Å². The summed E-state index contributed by atoms with van der Waals surface area (Å²) in [5.41, 5.74) is 3.10. The van der Waals surface area contributed by atoms with Crippen LogP contribution < -0.4 is 11.1 Å². The molecular weight excluding hydrogens is 328 g/mol. The maximum atomic E-state index is 12.3. The molecule has 1 N–H and O–H groups in total. The summed E-state index contributed by atoms with van der Waals surface area (Å²) in [6.45, 7) is 1.73. The second-order valence-electron chi connectivity index (χ2n) is 5.44. The first-order valence-corrected chi connectivity index (χ1v) is 7.66. The van der Waals surface area contributed by atoms with Gasteiger partial charge in [0.25, 0.3) is 5.91 Å². The van der Waals surface area contributed by atoms with Gasteiger partial charge >= 0.3 is 5.76 Å². The summed E-state index contributed by atoms with van der Waals surface area (Å²) < 4.78 is 6.53. The van der Waals surface area contributed by atoms with Gasteiger partial charge in [0, 0.05) is 29.4 Å². The number of fused-ring (bicyclic) bond motifs is 1. The number of oxazole rings is 1. The van der Waals surface area contributed by atoms with Crippen molar-refractivity contribution in [2.75, 3.05) is 5.32 Å². The maximum Gasteiger partial charge on any atom is 0.419 e. The van der Waals surface area contributed by atoms with Crippen LogP contribution in [0, 0.1) is 0 Å². The van der Waals surface area contributed by atoms with E-state index in [1.807, 2.05) is 12.1 Å². The lowest BCUT2D eigenvalue weighted by atomic mass is 10.1. The van der Waals surface area contributed by atoms with Crippen molar-refractivity contribution in [1.82, 2.24) is 4.57 Å². The van der Waals surface area contributed by atoms with Crippen LogP contribution in [0.5, 0.6) is 0 Å². The van der Waals surface area contributed by atoms with E-state index in [4.69, 9.17) is 16.0 Å². The van der Waals surface area contributed by atoms with Gasteiger partial charge < -0.3 is 9.73 Å². The number of hydrogen-bond acceptors (Lipinski definition) is 3. The summed E-state index contributed by atoms with van der Waals surface area (Å²) >= 11 is 5.85. The minimum absolute atomic E-state index is 0.234. The van der Waals surface area contributed by atoms with Gasteiger partial charge in [0.1, 0.15) is 0 Å². The predicted octanol–water partition coefficient (Wildman–Crippen LogP) is 3.83. The zero-order valence-corrected chi connectivity index (χ0v) is 13.9. The average molecular weight is 343 g/mol. The minimum Gasteiger partial charge on any atom is -0.408 e. The summed E-state index contributed by atoms with van der Waals surface area (Å²) in [4.78, 5) is 23.8. The molecule has 5 nitrogen and oxygen atoms in total. The summed E-state index contributed by atoms with van der Waals surface area (Å²) in [6, 6.07) is 12.3. The second kappa shape index (κ2) is 6.37. The Bertz CT molecular complexity index is 997. The minimum atomic E-state index is -0.438. The van der Waals surface area contributed by atoms with Crippen LogP contribution in [0.3, 0.4) is 0 Å². The van der Waals surface area contributed by atoms with Gasteiger partial charge in [-0.15, -0.1) is 0 Å². The Hall–Kier alpha value is -2.79. The molecule has 0 spiro atoms. The molecule has 0 aliphatic rings. The number of carbonyl (C=O) groups excluding carboxylic acids is 1. The molecule has 1 aromatic heterocycles. The zero-order valence-electron chi connectivity index (χ0n) is 13.2. The second-order valence-corrected chi connectivity index (χ2v) is 5.88. The standard InChI is InChI=1S/C18H15ClN2O3/c1-11(9-12-3-5-13(19)6-4-12)17(22)20-14-7-8-15-16(10-14)24-18(23)21(15)2/h3-10H,1-2H3,(H,20,22)/b11-9+. The molecule has 0 aliphatic heterocycles. The van der Waals surface area contributed by atoms with Gasteiger partial charge in [0.15, 0.2) is 5.58 Å². The van der Waals surface area contributed by atoms with Gasteiger partial charge in [-0.05, 0) is 42.8 Å². The van der Waals surface area contributed by atoms with Crippen LogP contribution >= 0.6 is 11.6 Å². The van der Waals surface area contributed by atoms with Gasteiger partial charge in [-0.2, -0.15) is 0 Å². The van der Waals surface area contributed by atoms with Crippen LogP contribution in [0.1, 0.15) is 12.5 Å². The molecule has 0 radical (unpaired) electrons. The Balaban J connectivity index is 1.81. The van der Waals surface area contributed by atoms with E-state index < -0.39 is 5.76 Å². The first-order chi connectivity index (χ1) is 11.4. The monoisotopic (exact) mass is 342 g/mol. The summed E-state index contributed by atoms with van der Waals surface area (Å²) in [7, 11) is 1.63. The molecule has 6 heteroatoms. The maximum absolute atomic E-state index is 12.3. The van der Waals surface area contributed by atoms with Crippen LogP contribution in [-0.4, -0.2) is 10.5 Å². The number of anilines is 1. The van der Waals surface area contributed by atoms with E-state index in [0.29, 0.717) is 27.4 Å². The average Bonchev–Trinajstić information content (AvgIpc) is 2.83. The number of halogens is 1. The van der Waals surface area contributed by atoms with Crippen molar-refractivity contribution in [2.24, 2.45) is 7.05 Å². The third-order valence-electron chi connectivity index (χ3n) is 3.66. The van der Waals surface area contributed by atoms with E-state index in [1.54, 1.807) is 50.4 Å². The normalized spacial score (nSPS) is 11.7. The first-order valence-electron chi connectivity index (χ1n) is 7.29. The van der Waals surface area contributed by atoms with Crippen molar-refractivity contribution < 1.29 is 9.21 Å². The Kier molecular flexibility index (Phi) is 4.27. The molecular formula is C18H15ClN2O3. The van der Waals surface area contributed by atoms with Crippen molar-refractivity contribution >= 4 is 40.4 Å². The Morgan fingerprint density at radius 1 is 1.21 bits per heavy atom. The fourth-order valence-electron chi connectivity index (χ4n) is 2.32. The molecule has 122 valence electrons. The number of hydrogen-bond donors (Lipinski definition) is 1. The van der Waals surface area contributed by atoms with E-state index in [-0.39, 0.29) is 5.91 Å². The number of nitrogens with zero attached hydrogens (tertiary/aromatic N) is 1. The smallest absolute Gasteiger partial charge is 0.408 e. The van der Waals surface area contributed by atoms with E-state index >= 15 is 0 Å². The highest BCUT2D eigenvalue weighted by molar-refractivity contribution is 6.30. The van der Waals surface area contributed by atoms with Gasteiger partial charge in [0.2, 0.25) is 0 Å². The Morgan fingerprint density at radius 2 is 1.92 bits per heavy atom. The van der Waals surface area contributed by atoms with Gasteiger partial charge in [-0.1, -0.05) is 23.7 Å². The predicted molar refractivity (Wildman–Crippen MR) is 95.2 cm³/mol. The van der Waals surface area contributed by atoms with Crippen molar-refractivity contribution in [3.8, 4) is 0 Å². The Labute approximate surface area is 143 Å². The molecule has 1 amide bonds. The number of carbonyl (C=O) groups is 1. The number of nitrogens with one attached hydrogen (secondary N) is 1. The topological polar surface area (TPSA) is 64.2 Å². The molecule has 24 heavy (non-hydrogen) atoms. The number of benzene rings is 2. The molecule has 0 atom stereocenters. The van der Waals surface area contributed by atoms with Crippen LogP contribution in [0.2, 0.25) is 5.02 Å². The van der Waals surface area contributed by atoms with Crippen LogP contribution in [0.15, 0.2) is 57.2 Å². The van der Waals surface area contributed by atoms with E-state index in [2.05, 4.69) is 5.32 Å². The summed E-state index contributed by atoms with van der Waals surface area (Å²) in [5.74, 6) is -0.671. The zero-order chi connectivity index (χ0) is 17.3. The number of aromatic nitrogens is 1. The highest BCUT2D eigenvalue weighted by Crippen LogP contribution is 2.19. The van der Waals surface area contributed by atoms with Crippen molar-refractivity contribution in [3.05, 3.63) is 69.2 Å². The van der Waals surface area contributed by atoms with Crippen molar-refractivity contribution in [2.45, 2.75) is 6.92 Å². The molecule has 3 aromatic rings. The largest absolute Gasteiger partial charge is 0.419 e. The molecule has 0 aliphatic carbocycles. The number of aryl methyl sites for hydroxylation is 1. The molecule has 1 heterocycles. The Morgan fingerprint density at radius 3 is 2.62 bits per heavy atom. The summed E-state index contributed by atoms with van der Waals surface area (Å²) in [5, 5.41) is 3.43. The van der Waals surface area contributed by atoms with Gasteiger partial charge in [0.05, 0.1) is 5.52 Å². The highest BCUT2D eigenvalue weighted by atomic mass is 35.5. The molecule has 3 rings (SSSR count). The third kappa shape index (κ3) is 3.26. The summed E-state index contributed by atoms with van der Waals surface area (Å²) in [6.07, 6.45) is 1.77. The van der Waals surface area contributed by atoms with E-state index in [0.717, 1.165) is 5.56 Å². The molecule has 0 unspecified atom stereocenters.